The lowest BCUT2D eigenvalue weighted by Crippen LogP contribution is -2.31. The molecule has 1 aromatic carbocycles. The van der Waals surface area contributed by atoms with Crippen molar-refractivity contribution in [1.29, 1.82) is 0 Å². The Hall–Kier alpha value is -3.07. The fraction of sp³-hybridized carbons (Fsp3) is 0.455. The van der Waals surface area contributed by atoms with Crippen LogP contribution in [0.25, 0.3) is 11.2 Å². The average molecular weight is 463 g/mol. The van der Waals surface area contributed by atoms with Gasteiger partial charge in [0, 0.05) is 25.0 Å². The number of carbonyl (C=O) groups excluding carboxylic acids is 1. The van der Waals surface area contributed by atoms with Crippen molar-refractivity contribution >= 4 is 28.7 Å². The van der Waals surface area contributed by atoms with Crippen LogP contribution < -0.4 is 16.0 Å². The summed E-state index contributed by atoms with van der Waals surface area (Å²) in [5, 5.41) is 0.673. The summed E-state index contributed by atoms with van der Waals surface area (Å²) in [5.74, 6) is 0.687. The summed E-state index contributed by atoms with van der Waals surface area (Å²) < 4.78 is 13.9. The molecule has 0 spiro atoms. The first-order valence-electron chi connectivity index (χ1n) is 10.5. The van der Waals surface area contributed by atoms with Crippen LogP contribution in [0, 0.1) is 6.92 Å². The maximum atomic E-state index is 12.3. The van der Waals surface area contributed by atoms with Gasteiger partial charge < -0.3 is 14.0 Å². The number of carbonyl (C=O) groups is 1. The highest BCUT2D eigenvalue weighted by Gasteiger charge is 2.17. The van der Waals surface area contributed by atoms with Crippen LogP contribution in [-0.2, 0) is 29.7 Å². The first-order chi connectivity index (χ1) is 15.3. The molecule has 10 heteroatoms. The van der Waals surface area contributed by atoms with E-state index in [-0.39, 0.29) is 18.5 Å². The molecule has 0 atom stereocenters. The number of fused-ring (bicyclic) bond motifs is 1. The fourth-order valence-corrected chi connectivity index (χ4v) is 3.39. The second-order valence-corrected chi connectivity index (χ2v) is 7.95. The number of benzene rings is 1. The molecular weight excluding hydrogens is 436 g/mol. The lowest BCUT2D eigenvalue weighted by atomic mass is 10.2. The predicted molar refractivity (Wildman–Crippen MR) is 121 cm³/mol. The van der Waals surface area contributed by atoms with E-state index in [2.05, 4.69) is 9.97 Å². The average Bonchev–Trinajstić information content (AvgIpc) is 3.08. The van der Waals surface area contributed by atoms with Crippen molar-refractivity contribution < 1.29 is 14.3 Å². The highest BCUT2D eigenvalue weighted by molar-refractivity contribution is 6.31. The number of esters is 1. The first kappa shape index (κ1) is 23.6. The molecule has 0 saturated carbocycles. The lowest BCUT2D eigenvalue weighted by molar-refractivity contribution is -0.145. The molecule has 0 fully saturated rings. The number of hydrogen-bond donors (Lipinski definition) is 1. The molecule has 3 aromatic rings. The monoisotopic (exact) mass is 462 g/mol. The van der Waals surface area contributed by atoms with Crippen LogP contribution in [-0.4, -0.2) is 31.7 Å². The molecule has 1 N–H and O–H groups in total. The fourth-order valence-electron chi connectivity index (χ4n) is 3.27. The van der Waals surface area contributed by atoms with Gasteiger partial charge in [0.15, 0.2) is 11.2 Å². The van der Waals surface area contributed by atoms with Crippen LogP contribution in [0.15, 0.2) is 27.8 Å². The Kier molecular flexibility index (Phi) is 7.74. The Labute approximate surface area is 189 Å². The van der Waals surface area contributed by atoms with Gasteiger partial charge in [-0.1, -0.05) is 24.9 Å². The first-order valence-corrected chi connectivity index (χ1v) is 10.9. The number of hydrogen-bond acceptors (Lipinski definition) is 6. The van der Waals surface area contributed by atoms with E-state index in [9.17, 15) is 14.4 Å². The number of ether oxygens (including phenoxy) is 2. The predicted octanol–water partition coefficient (Wildman–Crippen LogP) is 3.09. The molecule has 9 nitrogen and oxygen atoms in total. The maximum absolute atomic E-state index is 12.3. The number of imidazole rings is 1. The van der Waals surface area contributed by atoms with E-state index in [1.807, 2.05) is 19.9 Å². The minimum Gasteiger partial charge on any atom is -0.494 e. The van der Waals surface area contributed by atoms with Crippen LogP contribution in [0.2, 0.25) is 5.02 Å². The van der Waals surface area contributed by atoms with Gasteiger partial charge in [0.25, 0.3) is 5.56 Å². The molecule has 0 unspecified atom stereocenters. The summed E-state index contributed by atoms with van der Waals surface area (Å²) in [7, 11) is 1.66. The smallest absolute Gasteiger partial charge is 0.330 e. The van der Waals surface area contributed by atoms with Crippen LogP contribution in [0.4, 0.5) is 0 Å². The summed E-state index contributed by atoms with van der Waals surface area (Å²) in [5.41, 5.74) is 0.490. The Morgan fingerprint density at radius 1 is 1.25 bits per heavy atom. The summed E-state index contributed by atoms with van der Waals surface area (Å²) in [4.78, 5) is 43.3. The third-order valence-corrected chi connectivity index (χ3v) is 5.55. The summed E-state index contributed by atoms with van der Waals surface area (Å²) in [6.07, 6.45) is 2.34. The van der Waals surface area contributed by atoms with E-state index in [1.165, 1.54) is 4.57 Å². The van der Waals surface area contributed by atoms with Crippen molar-refractivity contribution in [2.24, 2.45) is 7.05 Å². The molecule has 0 aliphatic heterocycles. The van der Waals surface area contributed by atoms with Crippen molar-refractivity contribution in [3.05, 3.63) is 55.4 Å². The van der Waals surface area contributed by atoms with Crippen molar-refractivity contribution in [1.82, 2.24) is 19.1 Å². The number of halogens is 1. The van der Waals surface area contributed by atoms with Crippen molar-refractivity contribution in [2.45, 2.75) is 52.7 Å². The number of rotatable bonds is 10. The normalized spacial score (nSPS) is 11.1. The Morgan fingerprint density at radius 2 is 2.03 bits per heavy atom. The van der Waals surface area contributed by atoms with Crippen LogP contribution in [0.5, 0.6) is 5.75 Å². The number of nitrogens with one attached hydrogen (secondary N) is 1. The van der Waals surface area contributed by atoms with Gasteiger partial charge in [-0.05, 0) is 43.5 Å². The quantitative estimate of drug-likeness (QED) is 0.366. The van der Waals surface area contributed by atoms with Crippen LogP contribution >= 0.6 is 11.6 Å². The molecule has 0 radical (unpaired) electrons. The van der Waals surface area contributed by atoms with E-state index in [4.69, 9.17) is 21.1 Å². The summed E-state index contributed by atoms with van der Waals surface area (Å²) >= 11 is 5.99. The molecule has 32 heavy (non-hydrogen) atoms. The SMILES string of the molecule is CCCCn1c(=O)[nH]c(=O)c2c1nc(COC(=O)CCCOc1ccc(Cl)c(C)c1)n2C. The molecule has 0 aliphatic rings. The van der Waals surface area contributed by atoms with Gasteiger partial charge in [0.2, 0.25) is 0 Å². The van der Waals surface area contributed by atoms with Gasteiger partial charge in [-0.25, -0.2) is 9.78 Å². The zero-order valence-corrected chi connectivity index (χ0v) is 19.2. The van der Waals surface area contributed by atoms with Gasteiger partial charge >= 0.3 is 11.7 Å². The molecule has 0 saturated heterocycles. The second kappa shape index (κ2) is 10.5. The number of aryl methyl sites for hydroxylation is 3. The summed E-state index contributed by atoms with van der Waals surface area (Å²) in [6.45, 7) is 4.62. The van der Waals surface area contributed by atoms with Gasteiger partial charge in [-0.3, -0.25) is 19.1 Å². The third-order valence-electron chi connectivity index (χ3n) is 5.13. The number of aromatic nitrogens is 4. The van der Waals surface area contributed by atoms with Gasteiger partial charge in [0.1, 0.15) is 18.2 Å². The van der Waals surface area contributed by atoms with Crippen LogP contribution in [0.1, 0.15) is 44.0 Å². The molecule has 0 bridgehead atoms. The largest absolute Gasteiger partial charge is 0.494 e. The topological polar surface area (TPSA) is 108 Å². The number of H-pyrrole nitrogens is 1. The molecule has 0 amide bonds. The molecule has 3 rings (SSSR count). The van der Waals surface area contributed by atoms with Crippen LogP contribution in [0.3, 0.4) is 0 Å². The molecule has 2 aromatic heterocycles. The minimum absolute atomic E-state index is 0.0946. The van der Waals surface area contributed by atoms with Gasteiger partial charge in [-0.2, -0.15) is 0 Å². The maximum Gasteiger partial charge on any atom is 0.330 e. The van der Waals surface area contributed by atoms with Gasteiger partial charge in [-0.15, -0.1) is 0 Å². The van der Waals surface area contributed by atoms with E-state index < -0.39 is 17.2 Å². The third kappa shape index (κ3) is 5.40. The van der Waals surface area contributed by atoms with Crippen molar-refractivity contribution in [3.63, 3.8) is 0 Å². The van der Waals surface area contributed by atoms with E-state index >= 15 is 0 Å². The standard InChI is InChI=1S/C22H27ClN4O5/c1-4-5-10-27-20-19(21(29)25-22(27)30)26(3)17(24-20)13-32-18(28)7-6-11-31-15-8-9-16(23)14(2)12-15/h8-9,12H,4-7,10-11,13H2,1-3H3,(H,25,29,30). The summed E-state index contributed by atoms with van der Waals surface area (Å²) in [6, 6.07) is 5.39. The highest BCUT2D eigenvalue weighted by atomic mass is 35.5. The molecular formula is C22H27ClN4O5. The Balaban J connectivity index is 1.58. The van der Waals surface area contributed by atoms with E-state index in [1.54, 1.807) is 23.7 Å². The number of aromatic amines is 1. The molecule has 0 aliphatic carbocycles. The molecule has 2 heterocycles. The molecule has 172 valence electrons. The Morgan fingerprint density at radius 3 is 2.75 bits per heavy atom. The lowest BCUT2D eigenvalue weighted by Gasteiger charge is -2.08. The van der Waals surface area contributed by atoms with E-state index in [0.29, 0.717) is 41.8 Å². The Bertz CT molecular complexity index is 1230. The van der Waals surface area contributed by atoms with Crippen molar-refractivity contribution in [3.8, 4) is 5.75 Å². The zero-order chi connectivity index (χ0) is 23.3. The van der Waals surface area contributed by atoms with Crippen molar-refractivity contribution in [2.75, 3.05) is 6.61 Å². The number of unbranched alkanes of at least 4 members (excludes halogenated alkanes) is 1. The zero-order valence-electron chi connectivity index (χ0n) is 18.4. The van der Waals surface area contributed by atoms with E-state index in [0.717, 1.165) is 18.4 Å². The van der Waals surface area contributed by atoms with Gasteiger partial charge in [0.05, 0.1) is 6.61 Å². The minimum atomic E-state index is -0.514. The second-order valence-electron chi connectivity index (χ2n) is 7.55. The number of nitrogens with zero attached hydrogens (tertiary/aromatic N) is 3. The highest BCUT2D eigenvalue weighted by Crippen LogP contribution is 2.21.